The Bertz CT molecular complexity index is 1240. The smallest absolute Gasteiger partial charge is 0.410 e. The summed E-state index contributed by atoms with van der Waals surface area (Å²) < 4.78 is 34.3. The number of carbonyl (C=O) groups excluding carboxylic acids is 1. The largest absolute Gasteiger partial charge is 0.481 e. The Morgan fingerprint density at radius 1 is 1.12 bits per heavy atom. The van der Waals surface area contributed by atoms with Crippen LogP contribution >= 0.6 is 0 Å². The molecule has 1 aliphatic rings. The summed E-state index contributed by atoms with van der Waals surface area (Å²) in [5.41, 5.74) is 3.05. The fraction of sp³-hybridized carbons (Fsp3) is 0.423. The van der Waals surface area contributed by atoms with Gasteiger partial charge in [-0.05, 0) is 63.4 Å². The number of ether oxygens (including phenoxy) is 2. The van der Waals surface area contributed by atoms with E-state index in [1.165, 1.54) is 0 Å². The average Bonchev–Trinajstić information content (AvgIpc) is 2.82. The lowest BCUT2D eigenvalue weighted by molar-refractivity contribution is 0.0201. The predicted octanol–water partition coefficient (Wildman–Crippen LogP) is 5.14. The van der Waals surface area contributed by atoms with E-state index in [-0.39, 0.29) is 0 Å². The first-order valence-corrected chi connectivity index (χ1v) is 11.1. The number of anilines is 1. The van der Waals surface area contributed by atoms with Crippen LogP contribution in [0.15, 0.2) is 48.8 Å². The zero-order valence-corrected chi connectivity index (χ0v) is 19.5. The van der Waals surface area contributed by atoms with E-state index >= 15 is 0 Å². The number of fused-ring (bicyclic) bond motifs is 1. The molecular weight excluding hydrogens is 416 g/mol. The van der Waals surface area contributed by atoms with Crippen molar-refractivity contribution in [3.8, 4) is 17.0 Å². The van der Waals surface area contributed by atoms with Crippen molar-refractivity contribution in [2.24, 2.45) is 0 Å². The summed E-state index contributed by atoms with van der Waals surface area (Å²) >= 11 is 0. The van der Waals surface area contributed by atoms with Gasteiger partial charge in [0.15, 0.2) is 0 Å². The van der Waals surface area contributed by atoms with Gasteiger partial charge in [0.05, 0.1) is 24.5 Å². The Morgan fingerprint density at radius 2 is 1.91 bits per heavy atom. The monoisotopic (exact) mass is 451 g/mol. The SMILES string of the molecule is [2H]C([2H])([2H])N(C(=O)OC(C)(C)C)C1CCN(c2cncc(-c3ccc4nc(OC)ccc4c3)c2)CC1. The van der Waals surface area contributed by atoms with E-state index in [1.807, 2.05) is 36.7 Å². The van der Waals surface area contributed by atoms with Crippen molar-refractivity contribution in [1.29, 1.82) is 0 Å². The van der Waals surface area contributed by atoms with E-state index in [2.05, 4.69) is 27.0 Å². The summed E-state index contributed by atoms with van der Waals surface area (Å²) in [5, 5.41) is 1.01. The molecule has 0 bridgehead atoms. The van der Waals surface area contributed by atoms with Gasteiger partial charge in [0.1, 0.15) is 5.60 Å². The number of benzene rings is 1. The Labute approximate surface area is 199 Å². The van der Waals surface area contributed by atoms with Gasteiger partial charge in [0.25, 0.3) is 0 Å². The number of carbonyl (C=O) groups is 1. The third-order valence-corrected chi connectivity index (χ3v) is 5.71. The highest BCUT2D eigenvalue weighted by Gasteiger charge is 2.28. The quantitative estimate of drug-likeness (QED) is 0.547. The highest BCUT2D eigenvalue weighted by Crippen LogP contribution is 2.29. The van der Waals surface area contributed by atoms with Crippen molar-refractivity contribution in [3.63, 3.8) is 0 Å². The fourth-order valence-corrected chi connectivity index (χ4v) is 4.00. The summed E-state index contributed by atoms with van der Waals surface area (Å²) in [5.74, 6) is 0.575. The molecule has 1 aromatic carbocycles. The van der Waals surface area contributed by atoms with Gasteiger partial charge < -0.3 is 19.3 Å². The Hall–Kier alpha value is -3.35. The number of methoxy groups -OCH3 is 1. The van der Waals surface area contributed by atoms with E-state index < -0.39 is 24.7 Å². The first-order chi connectivity index (χ1) is 16.9. The minimum atomic E-state index is -2.56. The van der Waals surface area contributed by atoms with E-state index in [4.69, 9.17) is 13.6 Å². The van der Waals surface area contributed by atoms with E-state index in [0.717, 1.165) is 32.6 Å². The van der Waals surface area contributed by atoms with Gasteiger partial charge in [-0.3, -0.25) is 4.98 Å². The normalized spacial score (nSPS) is 16.6. The topological polar surface area (TPSA) is 67.8 Å². The molecule has 1 saturated heterocycles. The van der Waals surface area contributed by atoms with E-state index in [9.17, 15) is 4.79 Å². The molecule has 0 radical (unpaired) electrons. The second kappa shape index (κ2) is 9.25. The Balaban J connectivity index is 1.49. The summed E-state index contributed by atoms with van der Waals surface area (Å²) in [6.45, 7) is 3.83. The van der Waals surface area contributed by atoms with Crippen LogP contribution < -0.4 is 9.64 Å². The van der Waals surface area contributed by atoms with Gasteiger partial charge in [-0.25, -0.2) is 9.78 Å². The zero-order chi connectivity index (χ0) is 26.1. The molecule has 7 nitrogen and oxygen atoms in total. The Morgan fingerprint density at radius 3 is 2.61 bits per heavy atom. The van der Waals surface area contributed by atoms with Crippen molar-refractivity contribution >= 4 is 22.7 Å². The lowest BCUT2D eigenvalue weighted by atomic mass is 10.0. The number of nitrogens with zero attached hydrogens (tertiary/aromatic N) is 4. The van der Waals surface area contributed by atoms with Gasteiger partial charge in [0.2, 0.25) is 5.88 Å². The number of hydrogen-bond acceptors (Lipinski definition) is 6. The van der Waals surface area contributed by atoms with Crippen LogP contribution in [0, 0.1) is 0 Å². The summed E-state index contributed by atoms with van der Waals surface area (Å²) in [6.07, 6.45) is 3.88. The molecule has 1 aliphatic heterocycles. The first-order valence-electron chi connectivity index (χ1n) is 12.6. The second-order valence-corrected chi connectivity index (χ2v) is 9.26. The summed E-state index contributed by atoms with van der Waals surface area (Å²) in [7, 11) is 1.60. The molecule has 0 spiro atoms. The highest BCUT2D eigenvalue weighted by atomic mass is 16.6. The minimum Gasteiger partial charge on any atom is -0.481 e. The summed E-state index contributed by atoms with van der Waals surface area (Å²) in [4.78, 5) is 24.7. The third-order valence-electron chi connectivity index (χ3n) is 5.71. The highest BCUT2D eigenvalue weighted by molar-refractivity contribution is 5.85. The maximum absolute atomic E-state index is 12.7. The maximum Gasteiger partial charge on any atom is 0.410 e. The molecule has 0 unspecified atom stereocenters. The molecule has 0 aliphatic carbocycles. The molecule has 0 atom stereocenters. The number of aromatic nitrogens is 2. The molecule has 3 heterocycles. The second-order valence-electron chi connectivity index (χ2n) is 9.26. The van der Waals surface area contributed by atoms with Crippen LogP contribution in [-0.4, -0.2) is 59.8 Å². The van der Waals surface area contributed by atoms with E-state index in [1.54, 1.807) is 27.9 Å². The predicted molar refractivity (Wildman–Crippen MR) is 131 cm³/mol. The first kappa shape index (κ1) is 19.1. The molecule has 1 fully saturated rings. The van der Waals surface area contributed by atoms with Crippen LogP contribution in [0.2, 0.25) is 0 Å². The average molecular weight is 452 g/mol. The maximum atomic E-state index is 12.7. The van der Waals surface area contributed by atoms with Crippen LogP contribution in [0.1, 0.15) is 37.7 Å². The van der Waals surface area contributed by atoms with E-state index in [0.29, 0.717) is 31.8 Å². The standard InChI is InChI=1S/C26H32N4O3/c1-26(2,3)33-25(31)29(4)21-10-12-30(13-11-21)22-15-20(16-27-17-22)18-6-8-23-19(14-18)7-9-24(28-23)32-5/h6-9,14-17,21H,10-13H2,1-5H3/i4D3. The molecule has 0 N–H and O–H groups in total. The molecule has 174 valence electrons. The molecule has 3 aromatic rings. The van der Waals surface area contributed by atoms with Gasteiger partial charge in [-0.1, -0.05) is 6.07 Å². The molecule has 33 heavy (non-hydrogen) atoms. The molecule has 7 heteroatoms. The lowest BCUT2D eigenvalue weighted by Gasteiger charge is -2.38. The minimum absolute atomic E-state index is 0.426. The molecule has 0 saturated carbocycles. The van der Waals surface area contributed by atoms with Crippen molar-refractivity contribution in [2.45, 2.75) is 45.3 Å². The molecule has 1 amide bonds. The number of hydrogen-bond donors (Lipinski definition) is 0. The molecule has 2 aromatic heterocycles. The molecule has 4 rings (SSSR count). The van der Waals surface area contributed by atoms with Gasteiger partial charge in [0, 0.05) is 53.4 Å². The van der Waals surface area contributed by atoms with Crippen LogP contribution in [0.4, 0.5) is 10.5 Å². The van der Waals surface area contributed by atoms with Crippen molar-refractivity contribution in [2.75, 3.05) is 32.1 Å². The lowest BCUT2D eigenvalue weighted by Crippen LogP contribution is -2.47. The van der Waals surface area contributed by atoms with Gasteiger partial charge in [-0.15, -0.1) is 0 Å². The van der Waals surface area contributed by atoms with Gasteiger partial charge in [-0.2, -0.15) is 0 Å². The third kappa shape index (κ3) is 5.35. The number of piperidine rings is 1. The van der Waals surface area contributed by atoms with Crippen molar-refractivity contribution in [3.05, 3.63) is 48.8 Å². The van der Waals surface area contributed by atoms with Crippen molar-refractivity contribution < 1.29 is 18.4 Å². The number of pyridine rings is 2. The van der Waals surface area contributed by atoms with Crippen LogP contribution in [0.25, 0.3) is 22.0 Å². The number of rotatable bonds is 4. The van der Waals surface area contributed by atoms with Crippen LogP contribution in [0.3, 0.4) is 0 Å². The van der Waals surface area contributed by atoms with Crippen molar-refractivity contribution in [1.82, 2.24) is 14.9 Å². The fourth-order valence-electron chi connectivity index (χ4n) is 4.00. The van der Waals surface area contributed by atoms with Gasteiger partial charge >= 0.3 is 6.09 Å². The molecular formula is C26H32N4O3. The van der Waals surface area contributed by atoms with Crippen LogP contribution in [0.5, 0.6) is 5.88 Å². The summed E-state index contributed by atoms with van der Waals surface area (Å²) in [6, 6.07) is 11.5. The number of amides is 1. The van der Waals surface area contributed by atoms with Crippen LogP contribution in [-0.2, 0) is 4.74 Å². The zero-order valence-electron chi connectivity index (χ0n) is 22.5. The Kier molecular flexibility index (Phi) is 5.37.